The zero-order valence-corrected chi connectivity index (χ0v) is 10.7. The van der Waals surface area contributed by atoms with E-state index in [4.69, 9.17) is 4.74 Å². The van der Waals surface area contributed by atoms with Gasteiger partial charge in [-0.2, -0.15) is 0 Å². The van der Waals surface area contributed by atoms with Gasteiger partial charge >= 0.3 is 6.09 Å². The van der Waals surface area contributed by atoms with Crippen LogP contribution in [0.1, 0.15) is 26.3 Å². The first kappa shape index (κ1) is 14.0. The third kappa shape index (κ3) is 4.45. The van der Waals surface area contributed by atoms with Gasteiger partial charge in [0.2, 0.25) is 0 Å². The maximum atomic E-state index is 13.4. The second-order valence-electron chi connectivity index (χ2n) is 4.71. The minimum absolute atomic E-state index is 0.249. The Morgan fingerprint density at radius 2 is 1.89 bits per heavy atom. The molecule has 1 aromatic carbocycles. The van der Waals surface area contributed by atoms with E-state index in [9.17, 15) is 9.18 Å². The molecule has 2 N–H and O–H groups in total. The van der Waals surface area contributed by atoms with Crippen molar-refractivity contribution in [1.29, 1.82) is 0 Å². The SMILES string of the molecule is C=C(NNC(=O)OC(C)(C)C)c1ccccc1F. The maximum Gasteiger partial charge on any atom is 0.426 e. The van der Waals surface area contributed by atoms with Crippen molar-refractivity contribution in [1.82, 2.24) is 10.9 Å². The molecule has 0 saturated heterocycles. The number of ether oxygens (including phenoxy) is 1. The van der Waals surface area contributed by atoms with Crippen LogP contribution in [0.25, 0.3) is 5.70 Å². The quantitative estimate of drug-likeness (QED) is 0.813. The number of hydrogen-bond donors (Lipinski definition) is 2. The van der Waals surface area contributed by atoms with Crippen molar-refractivity contribution in [2.45, 2.75) is 26.4 Å². The number of rotatable bonds is 3. The maximum absolute atomic E-state index is 13.4. The first-order valence-electron chi connectivity index (χ1n) is 5.48. The van der Waals surface area contributed by atoms with Crippen LogP contribution in [0.4, 0.5) is 9.18 Å². The number of carbonyl (C=O) groups excluding carboxylic acids is 1. The summed E-state index contributed by atoms with van der Waals surface area (Å²) in [6, 6.07) is 6.13. The first-order chi connectivity index (χ1) is 8.29. The molecule has 0 fully saturated rings. The van der Waals surface area contributed by atoms with Crippen molar-refractivity contribution < 1.29 is 13.9 Å². The smallest absolute Gasteiger partial charge is 0.426 e. The first-order valence-corrected chi connectivity index (χ1v) is 5.48. The zero-order chi connectivity index (χ0) is 13.8. The van der Waals surface area contributed by atoms with Crippen LogP contribution in [-0.4, -0.2) is 11.7 Å². The van der Waals surface area contributed by atoms with Gasteiger partial charge in [0.05, 0.1) is 5.70 Å². The number of nitrogens with one attached hydrogen (secondary N) is 2. The van der Waals surface area contributed by atoms with Gasteiger partial charge in [0.25, 0.3) is 0 Å². The lowest BCUT2D eigenvalue weighted by molar-refractivity contribution is 0.0511. The molecule has 18 heavy (non-hydrogen) atoms. The molecule has 0 spiro atoms. The van der Waals surface area contributed by atoms with E-state index in [0.29, 0.717) is 0 Å². The van der Waals surface area contributed by atoms with Gasteiger partial charge < -0.3 is 4.74 Å². The van der Waals surface area contributed by atoms with Crippen molar-refractivity contribution >= 4 is 11.8 Å². The number of carbonyl (C=O) groups is 1. The van der Waals surface area contributed by atoms with Crippen LogP contribution in [-0.2, 0) is 4.74 Å². The molecule has 0 saturated carbocycles. The Hall–Kier alpha value is -2.04. The molecule has 0 unspecified atom stereocenters. The van der Waals surface area contributed by atoms with Gasteiger partial charge in [-0.1, -0.05) is 18.7 Å². The molecule has 98 valence electrons. The number of benzene rings is 1. The minimum Gasteiger partial charge on any atom is -0.443 e. The van der Waals surface area contributed by atoms with Gasteiger partial charge in [0.15, 0.2) is 0 Å². The molecule has 0 atom stereocenters. The van der Waals surface area contributed by atoms with E-state index >= 15 is 0 Å². The second-order valence-corrected chi connectivity index (χ2v) is 4.71. The third-order valence-corrected chi connectivity index (χ3v) is 1.91. The van der Waals surface area contributed by atoms with Crippen LogP contribution in [0.3, 0.4) is 0 Å². The lowest BCUT2D eigenvalue weighted by Crippen LogP contribution is -2.40. The average molecular weight is 252 g/mol. The number of hydrazine groups is 1. The van der Waals surface area contributed by atoms with Gasteiger partial charge in [-0.15, -0.1) is 0 Å². The highest BCUT2D eigenvalue weighted by Gasteiger charge is 2.16. The highest BCUT2D eigenvalue weighted by atomic mass is 19.1. The van der Waals surface area contributed by atoms with Crippen LogP contribution in [0.5, 0.6) is 0 Å². The van der Waals surface area contributed by atoms with E-state index in [-0.39, 0.29) is 11.3 Å². The van der Waals surface area contributed by atoms with Gasteiger partial charge in [0, 0.05) is 5.56 Å². The van der Waals surface area contributed by atoms with Crippen LogP contribution in [0.2, 0.25) is 0 Å². The van der Waals surface area contributed by atoms with E-state index < -0.39 is 17.5 Å². The van der Waals surface area contributed by atoms with E-state index in [2.05, 4.69) is 17.4 Å². The highest BCUT2D eigenvalue weighted by Crippen LogP contribution is 2.13. The van der Waals surface area contributed by atoms with E-state index in [1.165, 1.54) is 6.07 Å². The topological polar surface area (TPSA) is 50.4 Å². The van der Waals surface area contributed by atoms with Crippen molar-refractivity contribution in [3.63, 3.8) is 0 Å². The Balaban J connectivity index is 2.52. The second kappa shape index (κ2) is 5.53. The Labute approximate surface area is 106 Å². The Bertz CT molecular complexity index is 453. The molecule has 0 aromatic heterocycles. The molecule has 4 nitrogen and oxygen atoms in total. The standard InChI is InChI=1S/C13H17FN2O2/c1-9(10-7-5-6-8-11(10)14)15-16-12(17)18-13(2,3)4/h5-8,15H,1H2,2-4H3,(H,16,17). The monoisotopic (exact) mass is 252 g/mol. The lowest BCUT2D eigenvalue weighted by Gasteiger charge is -2.20. The predicted molar refractivity (Wildman–Crippen MR) is 67.9 cm³/mol. The normalized spacial score (nSPS) is 10.7. The van der Waals surface area contributed by atoms with E-state index in [1.807, 2.05) is 0 Å². The molecule has 1 rings (SSSR count). The molecular weight excluding hydrogens is 235 g/mol. The summed E-state index contributed by atoms with van der Waals surface area (Å²) in [5.74, 6) is -0.416. The molecule has 0 aliphatic carbocycles. The van der Waals surface area contributed by atoms with Crippen molar-refractivity contribution in [2.24, 2.45) is 0 Å². The van der Waals surface area contributed by atoms with Crippen LogP contribution < -0.4 is 10.9 Å². The molecule has 0 bridgehead atoms. The Morgan fingerprint density at radius 1 is 1.28 bits per heavy atom. The molecule has 1 amide bonds. The summed E-state index contributed by atoms with van der Waals surface area (Å²) in [5, 5.41) is 0. The molecule has 0 aliphatic rings. The predicted octanol–water partition coefficient (Wildman–Crippen LogP) is 2.83. The molecule has 5 heteroatoms. The van der Waals surface area contributed by atoms with Gasteiger partial charge in [-0.05, 0) is 32.9 Å². The summed E-state index contributed by atoms with van der Waals surface area (Å²) in [5.41, 5.74) is 4.73. The molecule has 0 heterocycles. The third-order valence-electron chi connectivity index (χ3n) is 1.91. The Kier molecular flexibility index (Phi) is 4.31. The van der Waals surface area contributed by atoms with Crippen molar-refractivity contribution in [2.75, 3.05) is 0 Å². The molecule has 1 aromatic rings. The molecule has 0 aliphatic heterocycles. The lowest BCUT2D eigenvalue weighted by atomic mass is 10.2. The number of amides is 1. The summed E-state index contributed by atoms with van der Waals surface area (Å²) in [6.07, 6.45) is -0.653. The summed E-state index contributed by atoms with van der Waals surface area (Å²) in [4.78, 5) is 11.3. The fraction of sp³-hybridized carbons (Fsp3) is 0.308. The van der Waals surface area contributed by atoms with Gasteiger partial charge in [0.1, 0.15) is 11.4 Å². The minimum atomic E-state index is -0.653. The van der Waals surface area contributed by atoms with E-state index in [1.54, 1.807) is 39.0 Å². The van der Waals surface area contributed by atoms with E-state index in [0.717, 1.165) is 0 Å². The highest BCUT2D eigenvalue weighted by molar-refractivity contribution is 5.70. The Morgan fingerprint density at radius 3 is 2.44 bits per heavy atom. The molecule has 0 radical (unpaired) electrons. The van der Waals surface area contributed by atoms with Crippen LogP contribution >= 0.6 is 0 Å². The number of halogens is 1. The zero-order valence-electron chi connectivity index (χ0n) is 10.7. The van der Waals surface area contributed by atoms with Crippen LogP contribution in [0, 0.1) is 5.82 Å². The molecular formula is C13H17FN2O2. The average Bonchev–Trinajstić information content (AvgIpc) is 2.24. The fourth-order valence-electron chi connectivity index (χ4n) is 1.20. The number of hydrogen-bond acceptors (Lipinski definition) is 3. The summed E-state index contributed by atoms with van der Waals surface area (Å²) in [6.45, 7) is 8.88. The van der Waals surface area contributed by atoms with Gasteiger partial charge in [-0.25, -0.2) is 14.6 Å². The van der Waals surface area contributed by atoms with Gasteiger partial charge in [-0.3, -0.25) is 5.43 Å². The summed E-state index contributed by atoms with van der Waals surface area (Å²) in [7, 11) is 0. The van der Waals surface area contributed by atoms with Crippen LogP contribution in [0.15, 0.2) is 30.8 Å². The van der Waals surface area contributed by atoms with Crippen molar-refractivity contribution in [3.05, 3.63) is 42.2 Å². The summed E-state index contributed by atoms with van der Waals surface area (Å²) >= 11 is 0. The largest absolute Gasteiger partial charge is 0.443 e. The van der Waals surface area contributed by atoms with Crippen molar-refractivity contribution in [3.8, 4) is 0 Å². The summed E-state index contributed by atoms with van der Waals surface area (Å²) < 4.78 is 18.4. The fourth-order valence-corrected chi connectivity index (χ4v) is 1.20.